The molecule has 0 aromatic carbocycles. The molecule has 146 valence electrons. The van der Waals surface area contributed by atoms with E-state index in [1.165, 1.54) is 27.7 Å². The Hall–Kier alpha value is -2.52. The fourth-order valence-corrected chi connectivity index (χ4v) is 2.05. The van der Waals surface area contributed by atoms with Gasteiger partial charge in [0.1, 0.15) is 5.56 Å². The van der Waals surface area contributed by atoms with Gasteiger partial charge in [0.05, 0.1) is 26.4 Å². The minimum Gasteiger partial charge on any atom is -0.492 e. The van der Waals surface area contributed by atoms with Crippen molar-refractivity contribution in [3.63, 3.8) is 0 Å². The molecule has 1 rings (SSSR count). The molecular formula is C16H20F3NO6. The van der Waals surface area contributed by atoms with Gasteiger partial charge in [0, 0.05) is 0 Å². The van der Waals surface area contributed by atoms with Gasteiger partial charge >= 0.3 is 18.1 Å². The molecule has 10 heteroatoms. The lowest BCUT2D eigenvalue weighted by Gasteiger charge is -2.20. The fraction of sp³-hybridized carbons (Fsp3) is 0.562. The van der Waals surface area contributed by atoms with E-state index in [0.717, 1.165) is 0 Å². The Morgan fingerprint density at radius 1 is 0.846 bits per heavy atom. The van der Waals surface area contributed by atoms with Crippen LogP contribution in [0.15, 0.2) is 0 Å². The summed E-state index contributed by atoms with van der Waals surface area (Å²) in [7, 11) is 0. The minimum absolute atomic E-state index is 0.0499. The maximum Gasteiger partial charge on any atom is 0.434 e. The molecule has 0 fully saturated rings. The molecule has 0 radical (unpaired) electrons. The molecule has 0 spiro atoms. The molecule has 0 aliphatic rings. The van der Waals surface area contributed by atoms with E-state index in [1.807, 2.05) is 0 Å². The SMILES string of the molecule is CCOC(=O)c1c(OCC)nc(C(F)(F)F)c(C(=O)OCC)c1OCC. The van der Waals surface area contributed by atoms with Gasteiger partial charge in [-0.25, -0.2) is 14.6 Å². The van der Waals surface area contributed by atoms with Crippen molar-refractivity contribution in [2.45, 2.75) is 33.9 Å². The Labute approximate surface area is 148 Å². The number of rotatable bonds is 8. The summed E-state index contributed by atoms with van der Waals surface area (Å²) in [6.07, 6.45) is -5.01. The Morgan fingerprint density at radius 3 is 1.77 bits per heavy atom. The predicted octanol–water partition coefficient (Wildman–Crippen LogP) is 3.25. The van der Waals surface area contributed by atoms with Crippen LogP contribution in [-0.2, 0) is 15.7 Å². The number of carbonyl (C=O) groups is 2. The van der Waals surface area contributed by atoms with Gasteiger partial charge in [0.2, 0.25) is 5.88 Å². The number of alkyl halides is 3. The number of aromatic nitrogens is 1. The van der Waals surface area contributed by atoms with Crippen molar-refractivity contribution < 1.29 is 41.7 Å². The molecular weight excluding hydrogens is 359 g/mol. The molecule has 0 aliphatic heterocycles. The van der Waals surface area contributed by atoms with Gasteiger partial charge in [-0.2, -0.15) is 13.2 Å². The van der Waals surface area contributed by atoms with Gasteiger partial charge in [0.25, 0.3) is 0 Å². The molecule has 7 nitrogen and oxygen atoms in total. The summed E-state index contributed by atoms with van der Waals surface area (Å²) in [5, 5.41) is 0. The zero-order valence-corrected chi connectivity index (χ0v) is 14.9. The normalized spacial score (nSPS) is 11.0. The van der Waals surface area contributed by atoms with Crippen LogP contribution in [0.1, 0.15) is 54.1 Å². The highest BCUT2D eigenvalue weighted by Gasteiger charge is 2.43. The van der Waals surface area contributed by atoms with E-state index in [0.29, 0.717) is 0 Å². The van der Waals surface area contributed by atoms with Gasteiger partial charge in [-0.3, -0.25) is 0 Å². The van der Waals surface area contributed by atoms with E-state index in [4.69, 9.17) is 18.9 Å². The second kappa shape index (κ2) is 9.25. The third-order valence-electron chi connectivity index (χ3n) is 2.92. The Balaban J connectivity index is 3.89. The smallest absolute Gasteiger partial charge is 0.434 e. The van der Waals surface area contributed by atoms with Gasteiger partial charge in [-0.15, -0.1) is 0 Å². The monoisotopic (exact) mass is 379 g/mol. The van der Waals surface area contributed by atoms with Crippen LogP contribution in [0.25, 0.3) is 0 Å². The first-order valence-electron chi connectivity index (χ1n) is 7.97. The maximum atomic E-state index is 13.5. The summed E-state index contributed by atoms with van der Waals surface area (Å²) in [4.78, 5) is 27.8. The lowest BCUT2D eigenvalue weighted by Crippen LogP contribution is -2.23. The molecule has 1 aromatic rings. The van der Waals surface area contributed by atoms with Crippen molar-refractivity contribution in [3.05, 3.63) is 16.8 Å². The van der Waals surface area contributed by atoms with E-state index in [2.05, 4.69) is 4.98 Å². The second-order valence-electron chi connectivity index (χ2n) is 4.65. The minimum atomic E-state index is -5.01. The van der Waals surface area contributed by atoms with Crippen molar-refractivity contribution in [3.8, 4) is 11.6 Å². The Bertz CT molecular complexity index is 660. The molecule has 0 saturated carbocycles. The molecule has 1 heterocycles. The number of hydrogen-bond acceptors (Lipinski definition) is 7. The highest BCUT2D eigenvalue weighted by Crippen LogP contribution is 2.41. The number of halogens is 3. The van der Waals surface area contributed by atoms with Gasteiger partial charge in [-0.05, 0) is 27.7 Å². The first-order valence-corrected chi connectivity index (χ1v) is 7.97. The zero-order valence-electron chi connectivity index (χ0n) is 14.9. The third kappa shape index (κ3) is 4.77. The van der Waals surface area contributed by atoms with E-state index in [9.17, 15) is 22.8 Å². The quantitative estimate of drug-likeness (QED) is 0.641. The summed E-state index contributed by atoms with van der Waals surface area (Å²) in [6, 6.07) is 0. The van der Waals surface area contributed by atoms with Crippen LogP contribution in [0.5, 0.6) is 11.6 Å². The summed E-state index contributed by atoms with van der Waals surface area (Å²) in [6.45, 7) is 5.52. The van der Waals surface area contributed by atoms with Gasteiger partial charge < -0.3 is 18.9 Å². The van der Waals surface area contributed by atoms with Crippen LogP contribution < -0.4 is 9.47 Å². The summed E-state index contributed by atoms with van der Waals surface area (Å²) < 4.78 is 60.2. The predicted molar refractivity (Wildman–Crippen MR) is 83.5 cm³/mol. The van der Waals surface area contributed by atoms with Gasteiger partial charge in [0.15, 0.2) is 17.0 Å². The standard InChI is InChI=1S/C16H20F3NO6/c1-5-23-11-9(14(21)25-7-3)12(16(17,18)19)20-13(24-6-2)10(11)15(22)26-8-4/h5-8H2,1-4H3. The van der Waals surface area contributed by atoms with Crippen molar-refractivity contribution in [2.75, 3.05) is 26.4 Å². The number of ether oxygens (including phenoxy) is 4. The maximum absolute atomic E-state index is 13.5. The molecule has 0 N–H and O–H groups in total. The van der Waals surface area contributed by atoms with E-state index < -0.39 is 46.6 Å². The van der Waals surface area contributed by atoms with E-state index >= 15 is 0 Å². The average Bonchev–Trinajstić information content (AvgIpc) is 2.54. The highest BCUT2D eigenvalue weighted by atomic mass is 19.4. The van der Waals surface area contributed by atoms with Crippen molar-refractivity contribution >= 4 is 11.9 Å². The van der Waals surface area contributed by atoms with Crippen LogP contribution in [0.3, 0.4) is 0 Å². The van der Waals surface area contributed by atoms with Crippen LogP contribution in [0.4, 0.5) is 13.2 Å². The van der Waals surface area contributed by atoms with Crippen LogP contribution in [0.2, 0.25) is 0 Å². The lowest BCUT2D eigenvalue weighted by molar-refractivity contribution is -0.142. The number of hydrogen-bond donors (Lipinski definition) is 0. The lowest BCUT2D eigenvalue weighted by atomic mass is 10.1. The second-order valence-corrected chi connectivity index (χ2v) is 4.65. The summed E-state index contributed by atoms with van der Waals surface area (Å²) >= 11 is 0. The third-order valence-corrected chi connectivity index (χ3v) is 2.92. The fourth-order valence-electron chi connectivity index (χ4n) is 2.05. The average molecular weight is 379 g/mol. The molecule has 0 bridgehead atoms. The van der Waals surface area contributed by atoms with Crippen LogP contribution in [0, 0.1) is 0 Å². The largest absolute Gasteiger partial charge is 0.492 e. The first-order chi connectivity index (χ1) is 12.2. The van der Waals surface area contributed by atoms with Crippen molar-refractivity contribution in [1.82, 2.24) is 4.98 Å². The number of pyridine rings is 1. The molecule has 0 amide bonds. The Kier molecular flexibility index (Phi) is 7.66. The molecule has 0 aliphatic carbocycles. The molecule has 0 atom stereocenters. The topological polar surface area (TPSA) is 84.0 Å². The number of carbonyl (C=O) groups excluding carboxylic acids is 2. The molecule has 0 unspecified atom stereocenters. The van der Waals surface area contributed by atoms with Crippen LogP contribution >= 0.6 is 0 Å². The Morgan fingerprint density at radius 2 is 1.35 bits per heavy atom. The number of esters is 2. The number of nitrogens with zero attached hydrogens (tertiary/aromatic N) is 1. The van der Waals surface area contributed by atoms with Gasteiger partial charge in [-0.1, -0.05) is 0 Å². The van der Waals surface area contributed by atoms with E-state index in [-0.39, 0.29) is 26.4 Å². The van der Waals surface area contributed by atoms with Crippen LogP contribution in [-0.4, -0.2) is 43.4 Å². The molecule has 1 aromatic heterocycles. The zero-order chi connectivity index (χ0) is 19.9. The first kappa shape index (κ1) is 21.5. The highest BCUT2D eigenvalue weighted by molar-refractivity contribution is 6.02. The van der Waals surface area contributed by atoms with Crippen molar-refractivity contribution in [1.29, 1.82) is 0 Å². The molecule has 26 heavy (non-hydrogen) atoms. The summed E-state index contributed by atoms with van der Waals surface area (Å²) in [5.74, 6) is -3.60. The van der Waals surface area contributed by atoms with Crippen molar-refractivity contribution in [2.24, 2.45) is 0 Å². The summed E-state index contributed by atoms with van der Waals surface area (Å²) in [5.41, 5.74) is -3.05. The van der Waals surface area contributed by atoms with E-state index in [1.54, 1.807) is 0 Å². The molecule has 0 saturated heterocycles.